The minimum absolute atomic E-state index is 0.0188. The van der Waals surface area contributed by atoms with Crippen LogP contribution in [0.4, 0.5) is 0 Å². The van der Waals surface area contributed by atoms with Crippen molar-refractivity contribution in [1.29, 1.82) is 0 Å². The molecule has 7 heteroatoms. The van der Waals surface area contributed by atoms with Crippen LogP contribution in [-0.4, -0.2) is 51.9 Å². The zero-order valence-electron chi connectivity index (χ0n) is 16.6. The Morgan fingerprint density at radius 2 is 2.24 bits per heavy atom. The number of benzene rings is 1. The molecule has 0 N–H and O–H groups in total. The van der Waals surface area contributed by atoms with Crippen LogP contribution in [0.3, 0.4) is 0 Å². The molecule has 0 fully saturated rings. The smallest absolute Gasteiger partial charge is 0.268 e. The van der Waals surface area contributed by atoms with Crippen molar-refractivity contribution in [3.8, 4) is 0 Å². The molecule has 29 heavy (non-hydrogen) atoms. The Labute approximate surface area is 171 Å². The van der Waals surface area contributed by atoms with E-state index in [1.807, 2.05) is 25.1 Å². The van der Waals surface area contributed by atoms with E-state index in [1.165, 1.54) is 5.57 Å². The molecule has 0 spiro atoms. The molecule has 148 valence electrons. The van der Waals surface area contributed by atoms with E-state index in [9.17, 15) is 4.79 Å². The highest BCUT2D eigenvalue weighted by atomic mass is 31.1. The van der Waals surface area contributed by atoms with Crippen molar-refractivity contribution in [3.05, 3.63) is 59.5 Å². The molecule has 1 aromatic carbocycles. The second-order valence-corrected chi connectivity index (χ2v) is 8.88. The van der Waals surface area contributed by atoms with E-state index in [2.05, 4.69) is 35.0 Å². The van der Waals surface area contributed by atoms with Crippen molar-refractivity contribution in [3.63, 3.8) is 0 Å². The van der Waals surface area contributed by atoms with Crippen LogP contribution in [0.25, 0.3) is 16.4 Å². The van der Waals surface area contributed by atoms with E-state index in [-0.39, 0.29) is 11.7 Å². The Morgan fingerprint density at radius 1 is 1.34 bits per heavy atom. The largest absolute Gasteiger partial charge is 0.441 e. The van der Waals surface area contributed by atoms with E-state index in [4.69, 9.17) is 9.52 Å². The number of carbonyl (C=O) groups is 1. The first-order valence-corrected chi connectivity index (χ1v) is 11.1. The molecule has 1 amide bonds. The lowest BCUT2D eigenvalue weighted by Gasteiger charge is -2.33. The topological polar surface area (TPSA) is 61.9 Å². The Kier molecular flexibility index (Phi) is 4.69. The Bertz CT molecular complexity index is 1110. The standard InChI is InChI=1S/C22H23N4O2P/c1-3-25-10-8-15(9-11-25)17-6-7-22-26(24-17)21(27)13-20(29-22)16-4-5-18-19(12-16)28-14(2)23-18/h4-8,12-13,22,29H,3,9-11H2,1-2H3. The first-order valence-electron chi connectivity index (χ1n) is 9.98. The molecule has 3 aliphatic heterocycles. The summed E-state index contributed by atoms with van der Waals surface area (Å²) in [6.45, 7) is 7.08. The minimum atomic E-state index is -0.0639. The van der Waals surface area contributed by atoms with E-state index in [0.717, 1.165) is 53.7 Å². The summed E-state index contributed by atoms with van der Waals surface area (Å²) in [7, 11) is 0.441. The normalized spacial score (nSPS) is 23.2. The van der Waals surface area contributed by atoms with Gasteiger partial charge in [0.2, 0.25) is 0 Å². The number of aromatic nitrogens is 1. The van der Waals surface area contributed by atoms with E-state index in [1.54, 1.807) is 11.1 Å². The molecule has 3 aliphatic rings. The summed E-state index contributed by atoms with van der Waals surface area (Å²) in [5.41, 5.74) is 4.77. The van der Waals surface area contributed by atoms with Crippen LogP contribution in [0.5, 0.6) is 0 Å². The zero-order chi connectivity index (χ0) is 20.0. The Balaban J connectivity index is 1.40. The van der Waals surface area contributed by atoms with Crippen LogP contribution in [0.2, 0.25) is 0 Å². The third kappa shape index (κ3) is 3.47. The molecular formula is C22H23N4O2P. The maximum Gasteiger partial charge on any atom is 0.268 e. The number of hydrazone groups is 1. The van der Waals surface area contributed by atoms with Gasteiger partial charge >= 0.3 is 0 Å². The number of rotatable bonds is 3. The molecule has 0 aliphatic carbocycles. The summed E-state index contributed by atoms with van der Waals surface area (Å²) < 4.78 is 5.65. The quantitative estimate of drug-likeness (QED) is 0.726. The van der Waals surface area contributed by atoms with Gasteiger partial charge in [0.25, 0.3) is 5.91 Å². The Morgan fingerprint density at radius 3 is 3.03 bits per heavy atom. The van der Waals surface area contributed by atoms with Gasteiger partial charge in [-0.15, -0.1) is 0 Å². The number of fused-ring (bicyclic) bond motifs is 2. The highest BCUT2D eigenvalue weighted by Gasteiger charge is 2.31. The Hall–Kier alpha value is -2.56. The summed E-state index contributed by atoms with van der Waals surface area (Å²) in [6, 6.07) is 5.94. The van der Waals surface area contributed by atoms with Gasteiger partial charge in [0, 0.05) is 26.1 Å². The van der Waals surface area contributed by atoms with Crippen LogP contribution < -0.4 is 0 Å². The predicted molar refractivity (Wildman–Crippen MR) is 117 cm³/mol. The molecule has 4 heterocycles. The summed E-state index contributed by atoms with van der Waals surface area (Å²) in [5, 5.41) is 7.38. The fourth-order valence-electron chi connectivity index (χ4n) is 3.94. The molecule has 1 aromatic heterocycles. The number of carbonyl (C=O) groups excluding carboxylic acids is 1. The minimum Gasteiger partial charge on any atom is -0.441 e. The highest BCUT2D eigenvalue weighted by molar-refractivity contribution is 7.51. The van der Waals surface area contributed by atoms with E-state index in [0.29, 0.717) is 14.5 Å². The molecule has 2 aromatic rings. The van der Waals surface area contributed by atoms with Crippen molar-refractivity contribution in [2.45, 2.75) is 26.1 Å². The predicted octanol–water partition coefficient (Wildman–Crippen LogP) is 3.90. The van der Waals surface area contributed by atoms with Gasteiger partial charge in [-0.05, 0) is 47.6 Å². The number of amides is 1. The van der Waals surface area contributed by atoms with Crippen molar-refractivity contribution in [2.75, 3.05) is 19.6 Å². The van der Waals surface area contributed by atoms with Gasteiger partial charge in [-0.3, -0.25) is 9.69 Å². The fraction of sp³-hybridized carbons (Fsp3) is 0.318. The van der Waals surface area contributed by atoms with Crippen molar-refractivity contribution < 1.29 is 9.21 Å². The second-order valence-electron chi connectivity index (χ2n) is 7.46. The molecule has 0 saturated carbocycles. The summed E-state index contributed by atoms with van der Waals surface area (Å²) in [4.78, 5) is 19.6. The van der Waals surface area contributed by atoms with Crippen molar-refractivity contribution in [1.82, 2.24) is 14.9 Å². The maximum absolute atomic E-state index is 12.9. The third-order valence-corrected chi connectivity index (χ3v) is 7.06. The van der Waals surface area contributed by atoms with Crippen LogP contribution in [0.1, 0.15) is 24.8 Å². The lowest BCUT2D eigenvalue weighted by molar-refractivity contribution is -0.126. The van der Waals surface area contributed by atoms with Crippen LogP contribution in [0, 0.1) is 6.92 Å². The molecule has 2 unspecified atom stereocenters. The highest BCUT2D eigenvalue weighted by Crippen LogP contribution is 2.44. The molecule has 0 bridgehead atoms. The maximum atomic E-state index is 12.9. The number of aryl methyl sites for hydroxylation is 1. The van der Waals surface area contributed by atoms with E-state index < -0.39 is 0 Å². The van der Waals surface area contributed by atoms with Gasteiger partial charge in [0.1, 0.15) is 5.52 Å². The first-order chi connectivity index (χ1) is 14.1. The average Bonchev–Trinajstić information content (AvgIpc) is 3.12. The summed E-state index contributed by atoms with van der Waals surface area (Å²) >= 11 is 0. The van der Waals surface area contributed by atoms with Gasteiger partial charge < -0.3 is 4.42 Å². The number of oxazole rings is 1. The lowest BCUT2D eigenvalue weighted by Crippen LogP contribution is -2.37. The number of likely N-dealkylation sites (N-methyl/N-ethyl adjacent to an activating group) is 1. The molecular weight excluding hydrogens is 383 g/mol. The van der Waals surface area contributed by atoms with Crippen LogP contribution >= 0.6 is 8.58 Å². The van der Waals surface area contributed by atoms with Crippen LogP contribution in [0.15, 0.2) is 57.6 Å². The van der Waals surface area contributed by atoms with Crippen LogP contribution in [-0.2, 0) is 4.79 Å². The molecule has 2 atom stereocenters. The molecule has 5 rings (SSSR count). The number of hydrogen-bond acceptors (Lipinski definition) is 5. The first kappa shape index (κ1) is 18.5. The van der Waals surface area contributed by atoms with Gasteiger partial charge in [-0.1, -0.05) is 33.7 Å². The van der Waals surface area contributed by atoms with Crippen molar-refractivity contribution >= 4 is 36.6 Å². The van der Waals surface area contributed by atoms with Gasteiger partial charge in [-0.25, -0.2) is 9.99 Å². The van der Waals surface area contributed by atoms with Crippen molar-refractivity contribution in [2.24, 2.45) is 5.10 Å². The average molecular weight is 406 g/mol. The van der Waals surface area contributed by atoms with Gasteiger partial charge in [0.15, 0.2) is 11.5 Å². The summed E-state index contributed by atoms with van der Waals surface area (Å²) in [5.74, 6) is 0.566. The number of allylic oxidation sites excluding steroid dienone is 1. The lowest BCUT2D eigenvalue weighted by atomic mass is 10.0. The molecule has 0 saturated heterocycles. The number of nitrogens with zero attached hydrogens (tertiary/aromatic N) is 4. The summed E-state index contributed by atoms with van der Waals surface area (Å²) in [6.07, 6.45) is 9.14. The SMILES string of the molecule is CCN1CC=C(C2=NN3C(=O)C=C(c4ccc5nc(C)oc5c4)PC3C=C2)CC1. The zero-order valence-corrected chi connectivity index (χ0v) is 17.6. The second kappa shape index (κ2) is 7.36. The van der Waals surface area contributed by atoms with Gasteiger partial charge in [-0.2, -0.15) is 5.10 Å². The fourth-order valence-corrected chi connectivity index (χ4v) is 5.29. The third-order valence-electron chi connectivity index (χ3n) is 5.59. The molecule has 0 radical (unpaired) electrons. The monoisotopic (exact) mass is 406 g/mol. The van der Waals surface area contributed by atoms with Gasteiger partial charge in [0.05, 0.1) is 11.5 Å². The molecule has 6 nitrogen and oxygen atoms in total. The van der Waals surface area contributed by atoms with E-state index >= 15 is 0 Å². The number of hydrogen-bond donors (Lipinski definition) is 0.